The Morgan fingerprint density at radius 1 is 1.25 bits per heavy atom. The summed E-state index contributed by atoms with van der Waals surface area (Å²) in [5, 5.41) is 14.1. The largest absolute Gasteiger partial charge is 0.380 e. The zero-order chi connectivity index (χ0) is 14.0. The molecule has 1 saturated carbocycles. The second-order valence-electron chi connectivity index (χ2n) is 5.35. The Labute approximate surface area is 126 Å². The van der Waals surface area contributed by atoms with Crippen molar-refractivity contribution in [1.29, 1.82) is 0 Å². The molecule has 1 fully saturated rings. The van der Waals surface area contributed by atoms with E-state index in [0.29, 0.717) is 11.7 Å². The Bertz CT molecular complexity index is 593. The van der Waals surface area contributed by atoms with Gasteiger partial charge in [0.1, 0.15) is 5.60 Å². The van der Waals surface area contributed by atoms with Gasteiger partial charge in [-0.1, -0.05) is 39.3 Å². The zero-order valence-corrected chi connectivity index (χ0v) is 12.8. The maximum absolute atomic E-state index is 10.1. The number of hydrogen-bond donors (Lipinski definition) is 1. The lowest BCUT2D eigenvalue weighted by atomic mass is 9.80. The molecule has 1 aliphatic carbocycles. The van der Waals surface area contributed by atoms with Gasteiger partial charge in [0.05, 0.1) is 0 Å². The van der Waals surface area contributed by atoms with E-state index in [1.165, 1.54) is 5.56 Å². The third kappa shape index (κ3) is 2.79. The van der Waals surface area contributed by atoms with Crippen molar-refractivity contribution in [2.24, 2.45) is 0 Å². The minimum atomic E-state index is -0.853. The molecule has 1 aliphatic rings. The second kappa shape index (κ2) is 5.66. The summed E-state index contributed by atoms with van der Waals surface area (Å²) in [6.07, 6.45) is 5.17. The van der Waals surface area contributed by atoms with Gasteiger partial charge in [0.25, 0.3) is 5.89 Å². The van der Waals surface area contributed by atoms with Crippen molar-refractivity contribution < 1.29 is 9.63 Å². The third-order valence-electron chi connectivity index (χ3n) is 3.85. The maximum atomic E-state index is 10.1. The number of aromatic nitrogens is 2. The molecule has 106 valence electrons. The molecule has 0 unspecified atom stereocenters. The monoisotopic (exact) mass is 336 g/mol. The fourth-order valence-electron chi connectivity index (χ4n) is 2.41. The molecule has 1 heterocycles. The Hall–Kier alpha value is -1.20. The summed E-state index contributed by atoms with van der Waals surface area (Å²) >= 11 is 3.55. The normalized spacial score (nSPS) is 16.9. The van der Waals surface area contributed by atoms with Crippen molar-refractivity contribution in [2.75, 3.05) is 0 Å². The average molecular weight is 337 g/mol. The lowest BCUT2D eigenvalue weighted by Gasteiger charge is -2.32. The predicted molar refractivity (Wildman–Crippen MR) is 78.2 cm³/mol. The van der Waals surface area contributed by atoms with Crippen molar-refractivity contribution in [1.82, 2.24) is 10.1 Å². The van der Waals surface area contributed by atoms with E-state index in [0.717, 1.165) is 43.0 Å². The summed E-state index contributed by atoms with van der Waals surface area (Å²) in [5.74, 6) is 1.08. The molecular formula is C15H17BrN2O2. The molecule has 20 heavy (non-hydrogen) atoms. The number of aliphatic hydroxyl groups is 1. The van der Waals surface area contributed by atoms with Crippen LogP contribution in [0.15, 0.2) is 33.3 Å². The number of aryl methyl sites for hydroxylation is 2. The van der Waals surface area contributed by atoms with Crippen LogP contribution in [0.25, 0.3) is 0 Å². The van der Waals surface area contributed by atoms with Crippen molar-refractivity contribution in [3.8, 4) is 0 Å². The van der Waals surface area contributed by atoms with Crippen molar-refractivity contribution in [2.45, 2.75) is 44.1 Å². The average Bonchev–Trinajstić information content (AvgIpc) is 2.87. The molecule has 5 heteroatoms. The van der Waals surface area contributed by atoms with Gasteiger partial charge < -0.3 is 9.63 Å². The Kier molecular flexibility index (Phi) is 3.89. The van der Waals surface area contributed by atoms with E-state index in [4.69, 9.17) is 4.52 Å². The highest BCUT2D eigenvalue weighted by Crippen LogP contribution is 2.39. The molecule has 0 saturated heterocycles. The standard InChI is InChI=1S/C15H17BrN2O2/c16-12-7-2-1-5-11(12)6-3-8-13-17-14(20-18-13)15(19)9-4-10-15/h1-2,5,7,19H,3-4,6,8-10H2. The van der Waals surface area contributed by atoms with Crippen molar-refractivity contribution in [3.63, 3.8) is 0 Å². The molecule has 0 aliphatic heterocycles. The molecule has 1 N–H and O–H groups in total. The predicted octanol–water partition coefficient (Wildman–Crippen LogP) is 3.38. The van der Waals surface area contributed by atoms with Gasteiger partial charge in [-0.25, -0.2) is 0 Å². The van der Waals surface area contributed by atoms with Crippen molar-refractivity contribution >= 4 is 15.9 Å². The summed E-state index contributed by atoms with van der Waals surface area (Å²) < 4.78 is 6.31. The fourth-order valence-corrected chi connectivity index (χ4v) is 2.89. The van der Waals surface area contributed by atoms with E-state index in [2.05, 4.69) is 32.1 Å². The summed E-state index contributed by atoms with van der Waals surface area (Å²) in [5.41, 5.74) is 0.432. The Morgan fingerprint density at radius 2 is 2.05 bits per heavy atom. The molecule has 0 amide bonds. The van der Waals surface area contributed by atoms with Gasteiger partial charge in [-0.2, -0.15) is 4.98 Å². The van der Waals surface area contributed by atoms with Gasteiger partial charge in [-0.05, 0) is 43.7 Å². The highest BCUT2D eigenvalue weighted by molar-refractivity contribution is 9.10. The van der Waals surface area contributed by atoms with Crippen LogP contribution in [0.3, 0.4) is 0 Å². The molecule has 1 aromatic carbocycles. The molecule has 0 atom stereocenters. The second-order valence-corrected chi connectivity index (χ2v) is 6.20. The smallest absolute Gasteiger partial charge is 0.258 e. The summed E-state index contributed by atoms with van der Waals surface area (Å²) in [4.78, 5) is 4.32. The quantitative estimate of drug-likeness (QED) is 0.909. The minimum Gasteiger partial charge on any atom is -0.380 e. The van der Waals surface area contributed by atoms with Gasteiger partial charge in [0.15, 0.2) is 5.82 Å². The van der Waals surface area contributed by atoms with E-state index in [1.807, 2.05) is 18.2 Å². The first-order valence-corrected chi connectivity index (χ1v) is 7.75. The first-order chi connectivity index (χ1) is 9.67. The Morgan fingerprint density at radius 3 is 2.75 bits per heavy atom. The molecule has 3 rings (SSSR count). The van der Waals surface area contributed by atoms with Crippen LogP contribution in [0, 0.1) is 0 Å². The van der Waals surface area contributed by atoms with Crippen LogP contribution in [0.5, 0.6) is 0 Å². The number of halogens is 1. The topological polar surface area (TPSA) is 59.2 Å². The Balaban J connectivity index is 1.55. The van der Waals surface area contributed by atoms with Crippen molar-refractivity contribution in [3.05, 3.63) is 46.0 Å². The first kappa shape index (κ1) is 13.8. The van der Waals surface area contributed by atoms with E-state index in [1.54, 1.807) is 0 Å². The first-order valence-electron chi connectivity index (χ1n) is 6.96. The summed E-state index contributed by atoms with van der Waals surface area (Å²) in [7, 11) is 0. The van der Waals surface area contributed by atoms with Crippen LogP contribution < -0.4 is 0 Å². The van der Waals surface area contributed by atoms with E-state index >= 15 is 0 Å². The van der Waals surface area contributed by atoms with Gasteiger partial charge in [-0.15, -0.1) is 0 Å². The van der Waals surface area contributed by atoms with Gasteiger partial charge in [-0.3, -0.25) is 0 Å². The zero-order valence-electron chi connectivity index (χ0n) is 11.2. The SMILES string of the molecule is OC1(c2nc(CCCc3ccccc3Br)no2)CCC1. The van der Waals surface area contributed by atoms with Crippen LogP contribution in [-0.2, 0) is 18.4 Å². The molecule has 1 aromatic heterocycles. The molecule has 0 spiro atoms. The number of nitrogens with zero attached hydrogens (tertiary/aromatic N) is 2. The summed E-state index contributed by atoms with van der Waals surface area (Å²) in [6, 6.07) is 8.22. The van der Waals surface area contributed by atoms with Crippen LogP contribution in [0.1, 0.15) is 43.0 Å². The van der Waals surface area contributed by atoms with Gasteiger partial charge in [0, 0.05) is 10.9 Å². The fraction of sp³-hybridized carbons (Fsp3) is 0.467. The highest BCUT2D eigenvalue weighted by Gasteiger charge is 2.41. The van der Waals surface area contributed by atoms with E-state index in [9.17, 15) is 5.11 Å². The summed E-state index contributed by atoms with van der Waals surface area (Å²) in [6.45, 7) is 0. The molecule has 0 bridgehead atoms. The van der Waals surface area contributed by atoms with Gasteiger partial charge in [0.2, 0.25) is 0 Å². The molecule has 2 aromatic rings. The van der Waals surface area contributed by atoms with E-state index in [-0.39, 0.29) is 0 Å². The highest BCUT2D eigenvalue weighted by atomic mass is 79.9. The van der Waals surface area contributed by atoms with Crippen LogP contribution in [0.2, 0.25) is 0 Å². The number of hydrogen-bond acceptors (Lipinski definition) is 4. The maximum Gasteiger partial charge on any atom is 0.258 e. The molecule has 4 nitrogen and oxygen atoms in total. The minimum absolute atomic E-state index is 0.389. The van der Waals surface area contributed by atoms with Crippen LogP contribution in [0.4, 0.5) is 0 Å². The molecular weight excluding hydrogens is 320 g/mol. The van der Waals surface area contributed by atoms with Crippen LogP contribution in [-0.4, -0.2) is 15.2 Å². The van der Waals surface area contributed by atoms with E-state index < -0.39 is 5.60 Å². The molecule has 0 radical (unpaired) electrons. The van der Waals surface area contributed by atoms with Crippen LogP contribution >= 0.6 is 15.9 Å². The van der Waals surface area contributed by atoms with Gasteiger partial charge >= 0.3 is 0 Å². The number of rotatable bonds is 5. The third-order valence-corrected chi connectivity index (χ3v) is 4.62. The number of benzene rings is 1. The lowest BCUT2D eigenvalue weighted by molar-refractivity contribution is -0.0646. The lowest BCUT2D eigenvalue weighted by Crippen LogP contribution is -2.33.